The van der Waals surface area contributed by atoms with Crippen molar-refractivity contribution in [1.82, 2.24) is 0 Å². The highest BCUT2D eigenvalue weighted by molar-refractivity contribution is 5.64. The lowest BCUT2D eigenvalue weighted by molar-refractivity contribution is 0.0883. The zero-order valence-corrected chi connectivity index (χ0v) is 10.2. The Bertz CT molecular complexity index is 369. The number of benzene rings is 1. The normalized spacial score (nSPS) is 10.3. The average molecular weight is 222 g/mol. The Balaban J connectivity index is 2.59. The van der Waals surface area contributed by atoms with Crippen LogP contribution in [-0.2, 0) is 4.74 Å². The maximum atomic E-state index is 11.3. The van der Waals surface area contributed by atoms with Gasteiger partial charge in [-0.3, -0.25) is 0 Å². The van der Waals surface area contributed by atoms with E-state index in [4.69, 9.17) is 9.47 Å². The fraction of sp³-hybridized carbons (Fsp3) is 0.462. The van der Waals surface area contributed by atoms with Crippen LogP contribution in [0.3, 0.4) is 0 Å². The molecule has 0 saturated carbocycles. The van der Waals surface area contributed by atoms with Gasteiger partial charge in [0.15, 0.2) is 0 Å². The van der Waals surface area contributed by atoms with Crippen LogP contribution < -0.4 is 4.74 Å². The van der Waals surface area contributed by atoms with Gasteiger partial charge in [-0.25, -0.2) is 4.79 Å². The average Bonchev–Trinajstić information content (AvgIpc) is 2.22. The highest BCUT2D eigenvalue weighted by atomic mass is 16.7. The van der Waals surface area contributed by atoms with Crippen LogP contribution in [0.15, 0.2) is 18.2 Å². The smallest absolute Gasteiger partial charge is 0.434 e. The van der Waals surface area contributed by atoms with Crippen LogP contribution >= 0.6 is 0 Å². The van der Waals surface area contributed by atoms with Gasteiger partial charge in [0, 0.05) is 0 Å². The van der Waals surface area contributed by atoms with Gasteiger partial charge in [0.1, 0.15) is 5.75 Å². The van der Waals surface area contributed by atoms with Crippen LogP contribution in [0.1, 0.15) is 25.0 Å². The zero-order chi connectivity index (χ0) is 12.1. The second-order valence-corrected chi connectivity index (χ2v) is 4.25. The van der Waals surface area contributed by atoms with Gasteiger partial charge in [-0.15, -0.1) is 0 Å². The highest BCUT2D eigenvalue weighted by Gasteiger charge is 2.09. The van der Waals surface area contributed by atoms with Crippen molar-refractivity contribution in [3.05, 3.63) is 29.3 Å². The molecule has 0 heterocycles. The monoisotopic (exact) mass is 222 g/mol. The second-order valence-electron chi connectivity index (χ2n) is 4.25. The first-order valence-corrected chi connectivity index (χ1v) is 5.41. The van der Waals surface area contributed by atoms with E-state index in [2.05, 4.69) is 0 Å². The van der Waals surface area contributed by atoms with Gasteiger partial charge >= 0.3 is 6.16 Å². The van der Waals surface area contributed by atoms with E-state index < -0.39 is 6.16 Å². The zero-order valence-electron chi connectivity index (χ0n) is 10.2. The van der Waals surface area contributed by atoms with Gasteiger partial charge in [0.05, 0.1) is 6.61 Å². The third-order valence-electron chi connectivity index (χ3n) is 2.28. The van der Waals surface area contributed by atoms with Crippen LogP contribution in [0.5, 0.6) is 5.75 Å². The van der Waals surface area contributed by atoms with Crippen LogP contribution in [0.2, 0.25) is 0 Å². The minimum Gasteiger partial charge on any atom is -0.434 e. The largest absolute Gasteiger partial charge is 0.513 e. The van der Waals surface area contributed by atoms with E-state index in [1.54, 1.807) is 6.07 Å². The minimum atomic E-state index is -0.637. The number of rotatable bonds is 3. The van der Waals surface area contributed by atoms with Crippen molar-refractivity contribution in [2.75, 3.05) is 6.61 Å². The first-order chi connectivity index (χ1) is 7.50. The second kappa shape index (κ2) is 5.54. The molecule has 3 nitrogen and oxygen atoms in total. The Morgan fingerprint density at radius 3 is 2.62 bits per heavy atom. The molecule has 0 N–H and O–H groups in total. The molecule has 1 rings (SSSR count). The molecule has 0 bridgehead atoms. The molecule has 0 aliphatic rings. The molecule has 0 radical (unpaired) electrons. The maximum absolute atomic E-state index is 11.3. The van der Waals surface area contributed by atoms with Crippen molar-refractivity contribution in [3.63, 3.8) is 0 Å². The first-order valence-electron chi connectivity index (χ1n) is 5.41. The summed E-state index contributed by atoms with van der Waals surface area (Å²) in [4.78, 5) is 11.3. The molecule has 0 aromatic heterocycles. The number of aryl methyl sites for hydroxylation is 1. The minimum absolute atomic E-state index is 0.311. The predicted octanol–water partition coefficient (Wildman–Crippen LogP) is 3.47. The molecule has 3 heteroatoms. The third kappa shape index (κ3) is 3.57. The summed E-state index contributed by atoms with van der Waals surface area (Å²) in [5.41, 5.74) is 2.05. The molecule has 1 aromatic carbocycles. The van der Waals surface area contributed by atoms with Crippen molar-refractivity contribution in [2.24, 2.45) is 5.92 Å². The van der Waals surface area contributed by atoms with Gasteiger partial charge < -0.3 is 9.47 Å². The van der Waals surface area contributed by atoms with Crippen molar-refractivity contribution in [3.8, 4) is 5.75 Å². The van der Waals surface area contributed by atoms with E-state index in [0.29, 0.717) is 18.3 Å². The van der Waals surface area contributed by atoms with Crippen molar-refractivity contribution < 1.29 is 14.3 Å². The third-order valence-corrected chi connectivity index (χ3v) is 2.28. The number of ether oxygens (including phenoxy) is 2. The lowest BCUT2D eigenvalue weighted by Gasteiger charge is -2.10. The quantitative estimate of drug-likeness (QED) is 0.580. The summed E-state index contributed by atoms with van der Waals surface area (Å²) in [7, 11) is 0. The van der Waals surface area contributed by atoms with Gasteiger partial charge in [-0.2, -0.15) is 0 Å². The molecule has 88 valence electrons. The van der Waals surface area contributed by atoms with Crippen molar-refractivity contribution >= 4 is 6.16 Å². The topological polar surface area (TPSA) is 35.5 Å². The molecule has 16 heavy (non-hydrogen) atoms. The molecule has 0 aliphatic heterocycles. The highest BCUT2D eigenvalue weighted by Crippen LogP contribution is 2.20. The SMILES string of the molecule is Cc1cccc(OC(=O)OCC(C)C)c1C. The van der Waals surface area contributed by atoms with E-state index in [0.717, 1.165) is 11.1 Å². The summed E-state index contributed by atoms with van der Waals surface area (Å²) in [6, 6.07) is 5.59. The summed E-state index contributed by atoms with van der Waals surface area (Å²) >= 11 is 0. The lowest BCUT2D eigenvalue weighted by atomic mass is 10.1. The molecule has 0 amide bonds. The number of hydrogen-bond donors (Lipinski definition) is 0. The molecular formula is C13H18O3. The lowest BCUT2D eigenvalue weighted by Crippen LogP contribution is -2.14. The fourth-order valence-corrected chi connectivity index (χ4v) is 1.19. The number of hydrogen-bond acceptors (Lipinski definition) is 3. The van der Waals surface area contributed by atoms with Gasteiger partial charge in [-0.05, 0) is 37.0 Å². The summed E-state index contributed by atoms with van der Waals surface area (Å²) in [5.74, 6) is 0.875. The van der Waals surface area contributed by atoms with Gasteiger partial charge in [-0.1, -0.05) is 26.0 Å². The molecule has 0 fully saturated rings. The summed E-state index contributed by atoms with van der Waals surface area (Å²) in [6.07, 6.45) is -0.637. The molecule has 0 unspecified atom stereocenters. The Hall–Kier alpha value is -1.51. The molecule has 0 spiro atoms. The summed E-state index contributed by atoms with van der Waals surface area (Å²) < 4.78 is 10.1. The first kappa shape index (κ1) is 12.6. The number of carbonyl (C=O) groups excluding carboxylic acids is 1. The fourth-order valence-electron chi connectivity index (χ4n) is 1.19. The van der Waals surface area contributed by atoms with Crippen LogP contribution in [0.25, 0.3) is 0 Å². The molecule has 0 atom stereocenters. The van der Waals surface area contributed by atoms with Crippen molar-refractivity contribution in [1.29, 1.82) is 0 Å². The van der Waals surface area contributed by atoms with Gasteiger partial charge in [0.2, 0.25) is 0 Å². The predicted molar refractivity (Wildman–Crippen MR) is 62.7 cm³/mol. The van der Waals surface area contributed by atoms with Crippen LogP contribution in [0, 0.1) is 19.8 Å². The van der Waals surface area contributed by atoms with E-state index in [1.165, 1.54) is 0 Å². The molecule has 0 saturated heterocycles. The molecular weight excluding hydrogens is 204 g/mol. The van der Waals surface area contributed by atoms with Crippen LogP contribution in [0.4, 0.5) is 4.79 Å². The van der Waals surface area contributed by atoms with E-state index >= 15 is 0 Å². The summed E-state index contributed by atoms with van der Waals surface area (Å²) in [5, 5.41) is 0. The summed E-state index contributed by atoms with van der Waals surface area (Å²) in [6.45, 7) is 8.22. The molecule has 0 aliphatic carbocycles. The van der Waals surface area contributed by atoms with E-state index in [-0.39, 0.29) is 0 Å². The Kier molecular flexibility index (Phi) is 4.35. The Morgan fingerprint density at radius 1 is 1.31 bits per heavy atom. The number of carbonyl (C=O) groups is 1. The Labute approximate surface area is 96.4 Å². The maximum Gasteiger partial charge on any atom is 0.513 e. The molecule has 1 aromatic rings. The standard InChI is InChI=1S/C13H18O3/c1-9(2)8-15-13(14)16-12-7-5-6-10(3)11(12)4/h5-7,9H,8H2,1-4H3. The van der Waals surface area contributed by atoms with Crippen molar-refractivity contribution in [2.45, 2.75) is 27.7 Å². The van der Waals surface area contributed by atoms with Gasteiger partial charge in [0.25, 0.3) is 0 Å². The van der Waals surface area contributed by atoms with E-state index in [9.17, 15) is 4.79 Å². The van der Waals surface area contributed by atoms with Crippen LogP contribution in [-0.4, -0.2) is 12.8 Å². The Morgan fingerprint density at radius 2 is 2.00 bits per heavy atom. The van der Waals surface area contributed by atoms with E-state index in [1.807, 2.05) is 39.8 Å².